The first-order valence-electron chi connectivity index (χ1n) is 9.62. The van der Waals surface area contributed by atoms with E-state index in [-0.39, 0.29) is 18.1 Å². The lowest BCUT2D eigenvalue weighted by atomic mass is 10.2. The number of piperazine rings is 1. The Balaban J connectivity index is 1.41. The number of H-pyrrole nitrogens is 1. The maximum atomic E-state index is 13.0. The minimum Gasteiger partial charge on any atom is -0.373 e. The van der Waals surface area contributed by atoms with Gasteiger partial charge >= 0.3 is 0 Å². The maximum Gasteiger partial charge on any atom is 0.282 e. The third-order valence-electron chi connectivity index (χ3n) is 5.32. The Labute approximate surface area is 165 Å². The Hall–Kier alpha value is -1.94. The van der Waals surface area contributed by atoms with Crippen molar-refractivity contribution in [3.63, 3.8) is 0 Å². The van der Waals surface area contributed by atoms with Crippen LogP contribution >= 0.6 is 0 Å². The molecule has 0 unspecified atom stereocenters. The Morgan fingerprint density at radius 2 is 1.68 bits per heavy atom. The van der Waals surface area contributed by atoms with Gasteiger partial charge in [-0.1, -0.05) is 18.2 Å². The summed E-state index contributed by atoms with van der Waals surface area (Å²) >= 11 is 0. The number of carbonyl (C=O) groups is 1. The fourth-order valence-corrected chi connectivity index (χ4v) is 5.71. The number of nitrogens with zero attached hydrogens (tertiary/aromatic N) is 3. The third kappa shape index (κ3) is 3.67. The van der Waals surface area contributed by atoms with Gasteiger partial charge in [0.05, 0.1) is 12.2 Å². The van der Waals surface area contributed by atoms with Crippen molar-refractivity contribution in [2.75, 3.05) is 39.3 Å². The minimum atomic E-state index is -3.54. The highest BCUT2D eigenvalue weighted by Crippen LogP contribution is 2.20. The smallest absolute Gasteiger partial charge is 0.282 e. The second-order valence-corrected chi connectivity index (χ2v) is 9.47. The number of fused-ring (bicyclic) bond motifs is 1. The first-order valence-corrected chi connectivity index (χ1v) is 11.0. The second-order valence-electron chi connectivity index (χ2n) is 7.54. The molecule has 152 valence electrons. The predicted octanol–water partition coefficient (Wildman–Crippen LogP) is 1.28. The number of ether oxygens (including phenoxy) is 1. The topological polar surface area (TPSA) is 86.0 Å². The molecule has 9 heteroatoms. The van der Waals surface area contributed by atoms with E-state index in [9.17, 15) is 13.2 Å². The quantitative estimate of drug-likeness (QED) is 0.832. The van der Waals surface area contributed by atoms with Gasteiger partial charge in [0.15, 0.2) is 0 Å². The number of para-hydroxylation sites is 1. The maximum absolute atomic E-state index is 13.0. The zero-order valence-corrected chi connectivity index (χ0v) is 17.0. The van der Waals surface area contributed by atoms with Gasteiger partial charge in [0, 0.05) is 50.2 Å². The van der Waals surface area contributed by atoms with Crippen LogP contribution in [0.2, 0.25) is 0 Å². The van der Waals surface area contributed by atoms with E-state index in [1.165, 1.54) is 8.61 Å². The van der Waals surface area contributed by atoms with Crippen molar-refractivity contribution in [1.29, 1.82) is 0 Å². The van der Waals surface area contributed by atoms with Crippen molar-refractivity contribution in [2.45, 2.75) is 26.1 Å². The summed E-state index contributed by atoms with van der Waals surface area (Å²) in [5.74, 6) is -0.0955. The largest absolute Gasteiger partial charge is 0.373 e. The fraction of sp³-hybridized carbons (Fsp3) is 0.526. The van der Waals surface area contributed by atoms with Gasteiger partial charge in [0.25, 0.3) is 16.1 Å². The number of aromatic nitrogens is 1. The molecule has 2 aliphatic heterocycles. The van der Waals surface area contributed by atoms with E-state index >= 15 is 0 Å². The summed E-state index contributed by atoms with van der Waals surface area (Å²) in [6.45, 7) is 5.85. The number of rotatable bonds is 3. The van der Waals surface area contributed by atoms with E-state index in [1.807, 2.05) is 44.2 Å². The fourth-order valence-electron chi connectivity index (χ4n) is 3.96. The number of hydrogen-bond acceptors (Lipinski definition) is 4. The summed E-state index contributed by atoms with van der Waals surface area (Å²) in [4.78, 5) is 17.7. The molecule has 8 nitrogen and oxygen atoms in total. The van der Waals surface area contributed by atoms with E-state index in [2.05, 4.69) is 4.98 Å². The zero-order valence-electron chi connectivity index (χ0n) is 16.2. The van der Waals surface area contributed by atoms with Crippen molar-refractivity contribution < 1.29 is 17.9 Å². The van der Waals surface area contributed by atoms with Crippen LogP contribution in [0.3, 0.4) is 0 Å². The molecule has 1 N–H and O–H groups in total. The molecule has 1 aromatic heterocycles. The number of amides is 1. The molecule has 0 spiro atoms. The van der Waals surface area contributed by atoms with Crippen molar-refractivity contribution >= 4 is 27.0 Å². The van der Waals surface area contributed by atoms with Crippen LogP contribution in [0.4, 0.5) is 0 Å². The average molecular weight is 407 g/mol. The van der Waals surface area contributed by atoms with Crippen molar-refractivity contribution in [3.05, 3.63) is 36.0 Å². The van der Waals surface area contributed by atoms with Crippen LogP contribution in [0.1, 0.15) is 24.3 Å². The normalized spacial score (nSPS) is 25.3. The van der Waals surface area contributed by atoms with Crippen LogP contribution in [0.25, 0.3) is 10.9 Å². The lowest BCUT2D eigenvalue weighted by Gasteiger charge is -2.40. The monoisotopic (exact) mass is 406 g/mol. The highest BCUT2D eigenvalue weighted by molar-refractivity contribution is 7.86. The molecule has 4 rings (SSSR count). The number of morpholine rings is 1. The first-order chi connectivity index (χ1) is 13.3. The molecule has 2 aliphatic rings. The Kier molecular flexibility index (Phi) is 5.17. The SMILES string of the molecule is C[C@@H]1CN(S(=O)(=O)N2CCN(C(=O)c3cc4ccccc4[nH]3)CC2)C[C@H](C)O1. The molecular formula is C19H26N4O4S. The lowest BCUT2D eigenvalue weighted by molar-refractivity contribution is -0.0457. The third-order valence-corrected chi connectivity index (χ3v) is 7.29. The average Bonchev–Trinajstić information content (AvgIpc) is 3.11. The Morgan fingerprint density at radius 1 is 1.04 bits per heavy atom. The van der Waals surface area contributed by atoms with E-state index in [1.54, 1.807) is 4.90 Å². The molecule has 2 saturated heterocycles. The number of aromatic amines is 1. The molecule has 1 amide bonds. The molecule has 2 aromatic rings. The first kappa shape index (κ1) is 19.4. The van der Waals surface area contributed by atoms with Crippen molar-refractivity contribution in [2.24, 2.45) is 0 Å². The van der Waals surface area contributed by atoms with Gasteiger partial charge in [0.1, 0.15) is 5.69 Å². The summed E-state index contributed by atoms with van der Waals surface area (Å²) in [7, 11) is -3.54. The molecular weight excluding hydrogens is 380 g/mol. The highest BCUT2D eigenvalue weighted by atomic mass is 32.2. The molecule has 0 saturated carbocycles. The summed E-state index contributed by atoms with van der Waals surface area (Å²) in [5.41, 5.74) is 1.45. The zero-order chi connectivity index (χ0) is 19.9. The van der Waals surface area contributed by atoms with Gasteiger partial charge in [-0.3, -0.25) is 4.79 Å². The molecule has 1 aromatic carbocycles. The molecule has 3 heterocycles. The highest BCUT2D eigenvalue weighted by Gasteiger charge is 2.37. The number of nitrogens with one attached hydrogen (secondary N) is 1. The van der Waals surface area contributed by atoms with Crippen LogP contribution in [-0.2, 0) is 14.9 Å². The van der Waals surface area contributed by atoms with Crippen LogP contribution in [-0.4, -0.2) is 84.3 Å². The summed E-state index contributed by atoms with van der Waals surface area (Å²) < 4.78 is 34.6. The van der Waals surface area contributed by atoms with Gasteiger partial charge in [-0.2, -0.15) is 17.0 Å². The van der Waals surface area contributed by atoms with Gasteiger partial charge in [-0.15, -0.1) is 0 Å². The van der Waals surface area contributed by atoms with E-state index in [0.717, 1.165) is 10.9 Å². The second kappa shape index (κ2) is 7.47. The molecule has 0 aliphatic carbocycles. The van der Waals surface area contributed by atoms with Gasteiger partial charge < -0.3 is 14.6 Å². The van der Waals surface area contributed by atoms with Crippen molar-refractivity contribution in [1.82, 2.24) is 18.5 Å². The summed E-state index contributed by atoms with van der Waals surface area (Å²) in [5, 5.41) is 0.989. The standard InChI is InChI=1S/C19H26N4O4S/c1-14-12-23(13-15(2)27-14)28(25,26)22-9-7-21(8-10-22)19(24)18-11-16-5-3-4-6-17(16)20-18/h3-6,11,14-15,20H,7-10,12-13H2,1-2H3/t14-,15+. The molecule has 0 radical (unpaired) electrons. The van der Waals surface area contributed by atoms with Crippen LogP contribution in [0.5, 0.6) is 0 Å². The summed E-state index contributed by atoms with van der Waals surface area (Å²) in [6.07, 6.45) is -0.244. The minimum absolute atomic E-state index is 0.0955. The van der Waals surface area contributed by atoms with Gasteiger partial charge in [-0.05, 0) is 26.0 Å². The van der Waals surface area contributed by atoms with E-state index < -0.39 is 10.2 Å². The molecule has 2 atom stereocenters. The van der Waals surface area contributed by atoms with E-state index in [0.29, 0.717) is 45.0 Å². The number of carbonyl (C=O) groups excluding carboxylic acids is 1. The van der Waals surface area contributed by atoms with Gasteiger partial charge in [0.2, 0.25) is 0 Å². The Morgan fingerprint density at radius 3 is 2.32 bits per heavy atom. The summed E-state index contributed by atoms with van der Waals surface area (Å²) in [6, 6.07) is 9.58. The molecule has 2 fully saturated rings. The lowest BCUT2D eigenvalue weighted by Crippen LogP contribution is -2.57. The van der Waals surface area contributed by atoms with Crippen LogP contribution in [0, 0.1) is 0 Å². The number of hydrogen-bond donors (Lipinski definition) is 1. The molecule has 0 bridgehead atoms. The van der Waals surface area contributed by atoms with Gasteiger partial charge in [-0.25, -0.2) is 0 Å². The number of benzene rings is 1. The molecule has 28 heavy (non-hydrogen) atoms. The Bertz CT molecular complexity index is 922. The van der Waals surface area contributed by atoms with E-state index in [4.69, 9.17) is 4.74 Å². The van der Waals surface area contributed by atoms with Crippen LogP contribution in [0.15, 0.2) is 30.3 Å². The van der Waals surface area contributed by atoms with Crippen molar-refractivity contribution in [3.8, 4) is 0 Å². The van der Waals surface area contributed by atoms with Crippen LogP contribution < -0.4 is 0 Å². The predicted molar refractivity (Wildman–Crippen MR) is 106 cm³/mol.